The molecule has 25 heavy (non-hydrogen) atoms. The summed E-state index contributed by atoms with van der Waals surface area (Å²) in [6.07, 6.45) is 7.28. The van der Waals surface area contributed by atoms with E-state index >= 15 is 0 Å². The molecule has 4 rings (SSSR count). The van der Waals surface area contributed by atoms with Crippen molar-refractivity contribution in [1.82, 2.24) is 23.6 Å². The Morgan fingerprint density at radius 2 is 2.16 bits per heavy atom. The molecule has 3 aromatic rings. The van der Waals surface area contributed by atoms with Gasteiger partial charge in [-0.25, -0.2) is 9.97 Å². The van der Waals surface area contributed by atoms with E-state index in [9.17, 15) is 5.26 Å². The Bertz CT molecular complexity index is 930. The number of aromatic nitrogens is 4. The van der Waals surface area contributed by atoms with Crippen LogP contribution in [0.1, 0.15) is 36.3 Å². The number of aryl methyl sites for hydroxylation is 1. The van der Waals surface area contributed by atoms with E-state index in [1.165, 1.54) is 30.8 Å². The average Bonchev–Trinajstić information content (AvgIpc) is 3.22. The summed E-state index contributed by atoms with van der Waals surface area (Å²) < 4.78 is 6.32. The molecule has 0 radical (unpaired) electrons. The summed E-state index contributed by atoms with van der Waals surface area (Å²) in [7, 11) is 0. The lowest BCUT2D eigenvalue weighted by Gasteiger charge is -2.25. The van der Waals surface area contributed by atoms with E-state index in [1.807, 2.05) is 13.1 Å². The summed E-state index contributed by atoms with van der Waals surface area (Å²) in [6, 6.07) is 4.22. The van der Waals surface area contributed by atoms with Gasteiger partial charge in [-0.3, -0.25) is 9.30 Å². The Morgan fingerprint density at radius 3 is 2.96 bits per heavy atom. The summed E-state index contributed by atoms with van der Waals surface area (Å²) in [5.74, 6) is 0.648. The minimum Gasteiger partial charge on any atom is -0.328 e. The fraction of sp³-hybridized carbons (Fsp3) is 0.412. The zero-order valence-corrected chi connectivity index (χ0v) is 14.9. The second kappa shape index (κ2) is 6.78. The van der Waals surface area contributed by atoms with E-state index in [0.717, 1.165) is 36.0 Å². The van der Waals surface area contributed by atoms with E-state index in [4.69, 9.17) is 0 Å². The van der Waals surface area contributed by atoms with Crippen molar-refractivity contribution < 1.29 is 0 Å². The molecule has 0 atom stereocenters. The Balaban J connectivity index is 1.55. The Morgan fingerprint density at radius 1 is 1.32 bits per heavy atom. The highest BCUT2D eigenvalue weighted by molar-refractivity contribution is 7.10. The van der Waals surface area contributed by atoms with Crippen molar-refractivity contribution in [3.8, 4) is 6.07 Å². The molecule has 7 nitrogen and oxygen atoms in total. The number of piperidine rings is 1. The van der Waals surface area contributed by atoms with Crippen LogP contribution in [0.15, 0.2) is 18.5 Å². The summed E-state index contributed by atoms with van der Waals surface area (Å²) >= 11 is 1.43. The molecule has 0 aromatic carbocycles. The van der Waals surface area contributed by atoms with Crippen LogP contribution >= 0.6 is 11.5 Å². The lowest BCUT2D eigenvalue weighted by molar-refractivity contribution is 0.219. The first-order valence-electron chi connectivity index (χ1n) is 8.43. The number of rotatable bonds is 4. The van der Waals surface area contributed by atoms with Gasteiger partial charge in [-0.05, 0) is 50.5 Å². The predicted octanol–water partition coefficient (Wildman–Crippen LogP) is 3.10. The highest BCUT2D eigenvalue weighted by Gasteiger charge is 2.14. The second-order valence-corrected chi connectivity index (χ2v) is 7.13. The zero-order valence-electron chi connectivity index (χ0n) is 14.1. The lowest BCUT2D eigenvalue weighted by atomic mass is 10.1. The van der Waals surface area contributed by atoms with Crippen LogP contribution in [0.5, 0.6) is 0 Å². The number of nitrogens with one attached hydrogen (secondary N) is 1. The first-order chi connectivity index (χ1) is 12.2. The fourth-order valence-electron chi connectivity index (χ4n) is 3.18. The third kappa shape index (κ3) is 3.34. The first kappa shape index (κ1) is 16.0. The van der Waals surface area contributed by atoms with Gasteiger partial charge in [0.2, 0.25) is 0 Å². The smallest absolute Gasteiger partial charge is 0.181 e. The molecule has 1 aliphatic heterocycles. The van der Waals surface area contributed by atoms with Crippen LogP contribution < -0.4 is 5.32 Å². The molecule has 3 aromatic heterocycles. The number of anilines is 2. The van der Waals surface area contributed by atoms with Crippen LogP contribution in [0, 0.1) is 18.3 Å². The monoisotopic (exact) mass is 353 g/mol. The quantitative estimate of drug-likeness (QED) is 0.776. The van der Waals surface area contributed by atoms with Crippen molar-refractivity contribution in [1.29, 1.82) is 5.26 Å². The van der Waals surface area contributed by atoms with Crippen molar-refractivity contribution >= 4 is 28.0 Å². The molecule has 0 aliphatic carbocycles. The molecule has 0 bridgehead atoms. The molecule has 0 saturated carbocycles. The Hall–Kier alpha value is -2.50. The maximum absolute atomic E-state index is 9.19. The van der Waals surface area contributed by atoms with E-state index in [0.29, 0.717) is 17.2 Å². The molecular weight excluding hydrogens is 334 g/mol. The third-order valence-corrected chi connectivity index (χ3v) is 5.10. The molecule has 0 amide bonds. The lowest BCUT2D eigenvalue weighted by Crippen LogP contribution is -2.29. The van der Waals surface area contributed by atoms with Crippen LogP contribution in [-0.4, -0.2) is 36.7 Å². The minimum atomic E-state index is 0.499. The largest absolute Gasteiger partial charge is 0.328 e. The van der Waals surface area contributed by atoms with Crippen LogP contribution in [0.4, 0.5) is 10.8 Å². The third-order valence-electron chi connectivity index (χ3n) is 4.36. The topological polar surface area (TPSA) is 82.1 Å². The van der Waals surface area contributed by atoms with Gasteiger partial charge in [0.1, 0.15) is 16.8 Å². The van der Waals surface area contributed by atoms with Gasteiger partial charge in [0.15, 0.2) is 11.5 Å². The number of nitriles is 1. The summed E-state index contributed by atoms with van der Waals surface area (Å²) in [5, 5.41) is 13.4. The minimum absolute atomic E-state index is 0.499. The van der Waals surface area contributed by atoms with Gasteiger partial charge in [0.25, 0.3) is 0 Å². The Kier molecular flexibility index (Phi) is 4.34. The van der Waals surface area contributed by atoms with Crippen LogP contribution in [0.2, 0.25) is 0 Å². The maximum atomic E-state index is 9.19. The van der Waals surface area contributed by atoms with E-state index < -0.39 is 0 Å². The fourth-order valence-corrected chi connectivity index (χ4v) is 3.84. The van der Waals surface area contributed by atoms with Crippen molar-refractivity contribution in [2.75, 3.05) is 18.4 Å². The zero-order chi connectivity index (χ0) is 17.2. The van der Waals surface area contributed by atoms with E-state index in [2.05, 4.69) is 36.7 Å². The van der Waals surface area contributed by atoms with Crippen molar-refractivity contribution in [3.05, 3.63) is 35.5 Å². The van der Waals surface area contributed by atoms with Crippen molar-refractivity contribution in [2.24, 2.45) is 0 Å². The molecule has 1 N–H and O–H groups in total. The standard InChI is InChI=1S/C17H19N7S/c1-12-10-24-14(8-18)9-19-17(24)16(20-12)21-15-7-13(22-25-15)11-23-5-3-2-4-6-23/h7,9-10H,2-6,11H2,1H3,(H,20,21). The normalized spacial score (nSPS) is 15.4. The van der Waals surface area contributed by atoms with E-state index in [-0.39, 0.29) is 0 Å². The van der Waals surface area contributed by atoms with Gasteiger partial charge in [0, 0.05) is 12.7 Å². The molecule has 0 spiro atoms. The summed E-state index contributed by atoms with van der Waals surface area (Å²) in [6.45, 7) is 5.12. The summed E-state index contributed by atoms with van der Waals surface area (Å²) in [4.78, 5) is 11.3. The Labute approximate surface area is 150 Å². The molecule has 128 valence electrons. The number of hydrogen-bond donors (Lipinski definition) is 1. The van der Waals surface area contributed by atoms with Crippen LogP contribution in [0.3, 0.4) is 0 Å². The van der Waals surface area contributed by atoms with Gasteiger partial charge in [-0.2, -0.15) is 9.64 Å². The number of likely N-dealkylation sites (tertiary alicyclic amines) is 1. The number of imidazole rings is 1. The van der Waals surface area contributed by atoms with Crippen LogP contribution in [-0.2, 0) is 6.54 Å². The predicted molar refractivity (Wildman–Crippen MR) is 97.0 cm³/mol. The molecule has 1 saturated heterocycles. The van der Waals surface area contributed by atoms with Gasteiger partial charge in [-0.15, -0.1) is 0 Å². The number of nitrogens with zero attached hydrogens (tertiary/aromatic N) is 6. The molecule has 1 aliphatic rings. The summed E-state index contributed by atoms with van der Waals surface area (Å²) in [5.41, 5.74) is 3.05. The molecular formula is C17H19N7S. The van der Waals surface area contributed by atoms with Gasteiger partial charge in [0.05, 0.1) is 17.6 Å². The van der Waals surface area contributed by atoms with Gasteiger partial charge in [-0.1, -0.05) is 6.42 Å². The number of fused-ring (bicyclic) bond motifs is 1. The molecule has 0 unspecified atom stereocenters. The highest BCUT2D eigenvalue weighted by Crippen LogP contribution is 2.25. The molecule has 8 heteroatoms. The SMILES string of the molecule is Cc1cn2c(C#N)cnc2c(Nc2cc(CN3CCCCC3)ns2)n1. The van der Waals surface area contributed by atoms with Crippen molar-refractivity contribution in [3.63, 3.8) is 0 Å². The highest BCUT2D eigenvalue weighted by atomic mass is 32.1. The van der Waals surface area contributed by atoms with Crippen LogP contribution in [0.25, 0.3) is 5.65 Å². The second-order valence-electron chi connectivity index (χ2n) is 6.32. The van der Waals surface area contributed by atoms with Gasteiger partial charge >= 0.3 is 0 Å². The van der Waals surface area contributed by atoms with E-state index in [1.54, 1.807) is 10.6 Å². The average molecular weight is 353 g/mol. The molecule has 4 heterocycles. The number of hydrogen-bond acceptors (Lipinski definition) is 7. The van der Waals surface area contributed by atoms with Crippen molar-refractivity contribution in [2.45, 2.75) is 32.7 Å². The van der Waals surface area contributed by atoms with Gasteiger partial charge < -0.3 is 5.32 Å². The first-order valence-corrected chi connectivity index (χ1v) is 9.20. The molecule has 1 fully saturated rings. The maximum Gasteiger partial charge on any atom is 0.181 e.